The molecular weight excluding hydrogens is 861 g/mol. The molecular formula is C51H64N4O10S. The lowest BCUT2D eigenvalue weighted by Crippen LogP contribution is -2.53. The third kappa shape index (κ3) is 10.9. The lowest BCUT2D eigenvalue weighted by atomic mass is 9.86. The molecule has 0 spiro atoms. The maximum Gasteiger partial charge on any atom is 0.262 e. The molecule has 5 aliphatic heterocycles. The fourth-order valence-corrected chi connectivity index (χ4v) is 11.4. The molecule has 5 aliphatic rings. The van der Waals surface area contributed by atoms with Gasteiger partial charge in [0, 0.05) is 32.1 Å². The molecule has 3 aromatic carbocycles. The highest BCUT2D eigenvalue weighted by atomic mass is 32.2. The van der Waals surface area contributed by atoms with Crippen molar-refractivity contribution in [2.75, 3.05) is 45.4 Å². The van der Waals surface area contributed by atoms with E-state index >= 15 is 0 Å². The monoisotopic (exact) mass is 924 g/mol. The molecule has 0 aromatic heterocycles. The number of carbonyl (C=O) groups excluding carboxylic acids is 5. The molecule has 0 aliphatic carbocycles. The largest absolute Gasteiger partial charge is 0.493 e. The standard InChI is InChI=1S/C51H64N4O10S/c1-4-64-44-30-36(18-22-43(44)63-2)42(32-66(3,61)62)55-49(59)40-15-12-13-34(46(40)50(55)60)16-19-38(56)14-10-8-6-5-7-9-11-26-53-27-24-33(25-28-53)35-17-20-39-37(29-35)31-54(51-47(39)65-51)41-21-23-45(57)52-48(41)58/h12-13,15,17-18,20,22,29-30,33,41-42,47,51H,4-11,14,16,19,21,23-28,31-32H2,1-3H3,(H,52,57,58)/t41?,42-,47?,51?/m1/s1. The Morgan fingerprint density at radius 1 is 0.879 bits per heavy atom. The Morgan fingerprint density at radius 3 is 2.36 bits per heavy atom. The number of nitrogens with zero attached hydrogens (tertiary/aromatic N) is 3. The molecule has 5 heterocycles. The molecule has 4 atom stereocenters. The van der Waals surface area contributed by atoms with Crippen LogP contribution < -0.4 is 14.8 Å². The zero-order valence-corrected chi connectivity index (χ0v) is 39.4. The number of benzene rings is 3. The molecule has 8 rings (SSSR count). The third-order valence-corrected chi connectivity index (χ3v) is 15.0. The van der Waals surface area contributed by atoms with Gasteiger partial charge in [-0.3, -0.25) is 39.1 Å². The average Bonchev–Trinajstić information content (AvgIpc) is 4.06. The number of methoxy groups -OCH3 is 1. The van der Waals surface area contributed by atoms with Crippen molar-refractivity contribution in [1.82, 2.24) is 20.0 Å². The van der Waals surface area contributed by atoms with E-state index in [4.69, 9.17) is 14.2 Å². The van der Waals surface area contributed by atoms with Crippen LogP contribution in [0.5, 0.6) is 11.5 Å². The van der Waals surface area contributed by atoms with Gasteiger partial charge in [0.25, 0.3) is 11.8 Å². The van der Waals surface area contributed by atoms with Gasteiger partial charge < -0.3 is 19.1 Å². The second kappa shape index (κ2) is 20.9. The van der Waals surface area contributed by atoms with E-state index in [-0.39, 0.29) is 53.5 Å². The van der Waals surface area contributed by atoms with Gasteiger partial charge in [-0.2, -0.15) is 0 Å². The van der Waals surface area contributed by atoms with Crippen molar-refractivity contribution in [2.24, 2.45) is 0 Å². The van der Waals surface area contributed by atoms with Crippen molar-refractivity contribution in [3.8, 4) is 11.5 Å². The Kier molecular flexibility index (Phi) is 15.1. The Balaban J connectivity index is 0.720. The van der Waals surface area contributed by atoms with E-state index in [0.29, 0.717) is 67.4 Å². The number of piperidine rings is 2. The van der Waals surface area contributed by atoms with Gasteiger partial charge >= 0.3 is 0 Å². The number of carbonyl (C=O) groups is 5. The van der Waals surface area contributed by atoms with Crippen molar-refractivity contribution in [3.63, 3.8) is 0 Å². The first-order valence-electron chi connectivity index (χ1n) is 23.9. The molecule has 3 aromatic rings. The predicted molar refractivity (Wildman–Crippen MR) is 248 cm³/mol. The Morgan fingerprint density at radius 2 is 1.64 bits per heavy atom. The molecule has 14 nitrogen and oxygen atoms in total. The normalized spacial score (nSPS) is 21.6. The number of epoxide rings is 1. The summed E-state index contributed by atoms with van der Waals surface area (Å²) in [4.78, 5) is 71.0. The number of sulfone groups is 1. The van der Waals surface area contributed by atoms with E-state index < -0.39 is 33.4 Å². The zero-order chi connectivity index (χ0) is 46.5. The highest BCUT2D eigenvalue weighted by molar-refractivity contribution is 7.90. The van der Waals surface area contributed by atoms with Gasteiger partial charge in [-0.25, -0.2) is 8.42 Å². The second-order valence-corrected chi connectivity index (χ2v) is 20.9. The number of nitrogens with one attached hydrogen (secondary N) is 1. The van der Waals surface area contributed by atoms with Gasteiger partial charge in [-0.15, -0.1) is 0 Å². The first-order chi connectivity index (χ1) is 31.8. The maximum atomic E-state index is 14.0. The molecule has 354 valence electrons. The molecule has 3 saturated heterocycles. The maximum absolute atomic E-state index is 14.0. The van der Waals surface area contributed by atoms with Gasteiger partial charge in [-0.05, 0) is 117 Å². The summed E-state index contributed by atoms with van der Waals surface area (Å²) < 4.78 is 42.4. The van der Waals surface area contributed by atoms with Crippen molar-refractivity contribution in [2.45, 2.75) is 134 Å². The number of fused-ring (bicyclic) bond motifs is 4. The average molecular weight is 925 g/mol. The van der Waals surface area contributed by atoms with Crippen molar-refractivity contribution < 1.29 is 46.6 Å². The summed E-state index contributed by atoms with van der Waals surface area (Å²) in [7, 11) is -2.14. The van der Waals surface area contributed by atoms with E-state index in [9.17, 15) is 32.4 Å². The summed E-state index contributed by atoms with van der Waals surface area (Å²) in [6, 6.07) is 15.4. The first-order valence-corrected chi connectivity index (χ1v) is 26.0. The predicted octanol–water partition coefficient (Wildman–Crippen LogP) is 7.00. The fraction of sp³-hybridized carbons (Fsp3) is 0.549. The van der Waals surface area contributed by atoms with Gasteiger partial charge in [0.1, 0.15) is 28.0 Å². The first kappa shape index (κ1) is 47.5. The van der Waals surface area contributed by atoms with Crippen LogP contribution in [0.25, 0.3) is 0 Å². The zero-order valence-electron chi connectivity index (χ0n) is 38.6. The van der Waals surface area contributed by atoms with Gasteiger partial charge in [0.2, 0.25) is 11.8 Å². The second-order valence-electron chi connectivity index (χ2n) is 18.7. The van der Waals surface area contributed by atoms with Crippen LogP contribution in [0.1, 0.15) is 157 Å². The topological polar surface area (TPSA) is 172 Å². The summed E-state index contributed by atoms with van der Waals surface area (Å²) >= 11 is 0. The van der Waals surface area contributed by atoms with Crippen LogP contribution in [0.3, 0.4) is 0 Å². The van der Waals surface area contributed by atoms with Crippen molar-refractivity contribution in [3.05, 3.63) is 93.5 Å². The van der Waals surface area contributed by atoms with Gasteiger partial charge in [0.15, 0.2) is 11.5 Å². The molecule has 3 unspecified atom stereocenters. The van der Waals surface area contributed by atoms with Crippen LogP contribution in [0.2, 0.25) is 0 Å². The van der Waals surface area contributed by atoms with E-state index in [2.05, 4.69) is 33.3 Å². The van der Waals surface area contributed by atoms with E-state index in [0.717, 1.165) is 69.3 Å². The summed E-state index contributed by atoms with van der Waals surface area (Å²) in [6.07, 6.45) is 12.9. The van der Waals surface area contributed by atoms with Crippen LogP contribution >= 0.6 is 0 Å². The molecule has 0 radical (unpaired) electrons. The molecule has 3 fully saturated rings. The number of unbranched alkanes of at least 4 members (excludes halogenated alkanes) is 6. The number of hydrogen-bond acceptors (Lipinski definition) is 12. The smallest absolute Gasteiger partial charge is 0.262 e. The number of rotatable bonds is 22. The lowest BCUT2D eigenvalue weighted by molar-refractivity contribution is -0.138. The molecule has 66 heavy (non-hydrogen) atoms. The number of imide groups is 2. The van der Waals surface area contributed by atoms with Crippen LogP contribution in [-0.4, -0.2) is 110 Å². The number of hydrogen-bond donors (Lipinski definition) is 1. The van der Waals surface area contributed by atoms with Crippen LogP contribution in [0, 0.1) is 0 Å². The molecule has 15 heteroatoms. The number of ether oxygens (including phenoxy) is 3. The highest BCUT2D eigenvalue weighted by Crippen LogP contribution is 2.49. The summed E-state index contributed by atoms with van der Waals surface area (Å²) in [5.41, 5.74) is 5.34. The van der Waals surface area contributed by atoms with Crippen molar-refractivity contribution in [1.29, 1.82) is 0 Å². The Bertz CT molecular complexity index is 2430. The Hall–Kier alpha value is -4.96. The SMILES string of the molecule is CCOc1cc([C@@H](CS(C)(=O)=O)N2C(=O)c3cccc(CCC(=O)CCCCCCCCCN4CCC(c5ccc6c(c5)CN(C5CCC(=O)NC5=O)C5OC65)CC4)c3C2=O)ccc1OC. The van der Waals surface area contributed by atoms with Gasteiger partial charge in [-0.1, -0.05) is 68.5 Å². The minimum Gasteiger partial charge on any atom is -0.493 e. The summed E-state index contributed by atoms with van der Waals surface area (Å²) in [5, 5.41) is 2.50. The van der Waals surface area contributed by atoms with Gasteiger partial charge in [0.05, 0.1) is 42.7 Å². The van der Waals surface area contributed by atoms with E-state index in [1.165, 1.54) is 43.1 Å². The summed E-state index contributed by atoms with van der Waals surface area (Å²) in [6.45, 7) is 6.13. The van der Waals surface area contributed by atoms with Crippen LogP contribution in [0.15, 0.2) is 54.6 Å². The lowest BCUT2D eigenvalue weighted by Gasteiger charge is -2.35. The third-order valence-electron chi connectivity index (χ3n) is 14.1. The number of likely N-dealkylation sites (tertiary alicyclic amines) is 1. The number of aryl methyl sites for hydroxylation is 1. The van der Waals surface area contributed by atoms with Crippen LogP contribution in [-0.2, 0) is 41.9 Å². The minimum atomic E-state index is -3.64. The number of Topliss-reactive ketones (excluding diaryl/α,β-unsaturated/α-hetero) is 1. The Labute approximate surface area is 388 Å². The van der Waals surface area contributed by atoms with E-state index in [1.807, 2.05) is 6.92 Å². The minimum absolute atomic E-state index is 0.0128. The number of ketones is 1. The van der Waals surface area contributed by atoms with E-state index in [1.54, 1.807) is 36.4 Å². The van der Waals surface area contributed by atoms with Crippen molar-refractivity contribution >= 4 is 39.2 Å². The molecule has 4 amide bonds. The quantitative estimate of drug-likeness (QED) is 0.0623. The molecule has 0 bridgehead atoms. The number of amides is 4. The molecule has 0 saturated carbocycles. The fourth-order valence-electron chi connectivity index (χ4n) is 10.5. The summed E-state index contributed by atoms with van der Waals surface area (Å²) in [5.74, 6) is -0.522. The van der Waals surface area contributed by atoms with Crippen LogP contribution in [0.4, 0.5) is 0 Å². The molecule has 1 N–H and O–H groups in total. The highest BCUT2D eigenvalue weighted by Gasteiger charge is 2.53.